The summed E-state index contributed by atoms with van der Waals surface area (Å²) in [7, 11) is 0. The topological polar surface area (TPSA) is 60.7 Å². The number of hydrogen-bond donors (Lipinski definition) is 3. The number of nitrogens with one attached hydrogen (secondary N) is 3. The van der Waals surface area contributed by atoms with E-state index in [1.54, 1.807) is 6.20 Å². The second-order valence-corrected chi connectivity index (χ2v) is 3.32. The lowest BCUT2D eigenvalue weighted by atomic mass is 10.0. The van der Waals surface area contributed by atoms with Crippen LogP contribution in [0.1, 0.15) is 5.69 Å². The number of aromatic nitrogens is 2. The van der Waals surface area contributed by atoms with E-state index >= 15 is 0 Å². The van der Waals surface area contributed by atoms with Gasteiger partial charge < -0.3 is 15.3 Å². The van der Waals surface area contributed by atoms with E-state index in [4.69, 9.17) is 0 Å². The van der Waals surface area contributed by atoms with E-state index in [1.807, 2.05) is 18.3 Å². The third-order valence-corrected chi connectivity index (χ3v) is 2.53. The second-order valence-electron chi connectivity index (χ2n) is 3.32. The molecule has 0 spiro atoms. The number of pyridine rings is 1. The predicted octanol–water partition coefficient (Wildman–Crippen LogP) is 1.30. The molecule has 0 fully saturated rings. The van der Waals surface area contributed by atoms with Gasteiger partial charge in [-0.15, -0.1) is 0 Å². The van der Waals surface area contributed by atoms with Crippen LogP contribution < -0.4 is 10.9 Å². The standard InChI is InChI=1S/C10H9N3O/c14-10-9-7(2-4-12-10)6-1-3-11-8(6)5-13-9/h1-4,11,13H,5H2,(H,12,14). The van der Waals surface area contributed by atoms with Crippen molar-refractivity contribution in [3.05, 3.63) is 40.6 Å². The molecular formula is C10H9N3O. The van der Waals surface area contributed by atoms with Gasteiger partial charge in [-0.25, -0.2) is 0 Å². The van der Waals surface area contributed by atoms with Gasteiger partial charge in [0.2, 0.25) is 0 Å². The Hall–Kier alpha value is -1.97. The SMILES string of the molecule is O=c1[nH]ccc2c1NCc1[nH]ccc1-2. The highest BCUT2D eigenvalue weighted by atomic mass is 16.1. The first kappa shape index (κ1) is 7.44. The van der Waals surface area contributed by atoms with Crippen LogP contribution in [0.4, 0.5) is 5.69 Å². The first-order valence-corrected chi connectivity index (χ1v) is 4.48. The monoisotopic (exact) mass is 187 g/mol. The maximum absolute atomic E-state index is 11.5. The van der Waals surface area contributed by atoms with Crippen molar-refractivity contribution >= 4 is 5.69 Å². The highest BCUT2D eigenvalue weighted by Crippen LogP contribution is 2.31. The molecule has 4 heteroatoms. The van der Waals surface area contributed by atoms with Gasteiger partial charge in [0.15, 0.2) is 0 Å². The molecule has 2 aromatic rings. The predicted molar refractivity (Wildman–Crippen MR) is 54.2 cm³/mol. The molecule has 3 N–H and O–H groups in total. The summed E-state index contributed by atoms with van der Waals surface area (Å²) in [5.74, 6) is 0. The van der Waals surface area contributed by atoms with Crippen LogP contribution in [0.25, 0.3) is 11.1 Å². The Bertz CT molecular complexity index is 538. The molecule has 1 aliphatic heterocycles. The Kier molecular flexibility index (Phi) is 1.33. The van der Waals surface area contributed by atoms with Crippen LogP contribution in [-0.4, -0.2) is 9.97 Å². The smallest absolute Gasteiger partial charge is 0.271 e. The molecule has 0 aromatic carbocycles. The lowest BCUT2D eigenvalue weighted by Crippen LogP contribution is -2.18. The van der Waals surface area contributed by atoms with E-state index in [-0.39, 0.29) is 5.56 Å². The molecule has 0 unspecified atom stereocenters. The van der Waals surface area contributed by atoms with Crippen LogP contribution >= 0.6 is 0 Å². The average molecular weight is 187 g/mol. The van der Waals surface area contributed by atoms with E-state index in [2.05, 4.69) is 15.3 Å². The highest BCUT2D eigenvalue weighted by Gasteiger charge is 2.17. The van der Waals surface area contributed by atoms with Crippen molar-refractivity contribution < 1.29 is 0 Å². The lowest BCUT2D eigenvalue weighted by molar-refractivity contribution is 1.04. The summed E-state index contributed by atoms with van der Waals surface area (Å²) in [6.45, 7) is 0.683. The van der Waals surface area contributed by atoms with Gasteiger partial charge in [-0.1, -0.05) is 0 Å². The van der Waals surface area contributed by atoms with Crippen LogP contribution in [0.3, 0.4) is 0 Å². The summed E-state index contributed by atoms with van der Waals surface area (Å²) in [6, 6.07) is 3.91. The van der Waals surface area contributed by atoms with Crippen LogP contribution in [0.15, 0.2) is 29.3 Å². The molecule has 4 nitrogen and oxygen atoms in total. The molecule has 1 aliphatic rings. The van der Waals surface area contributed by atoms with Gasteiger partial charge in [0.05, 0.1) is 6.54 Å². The fourth-order valence-electron chi connectivity index (χ4n) is 1.86. The maximum Gasteiger partial charge on any atom is 0.271 e. The third-order valence-electron chi connectivity index (χ3n) is 2.53. The van der Waals surface area contributed by atoms with Crippen molar-refractivity contribution in [1.82, 2.24) is 9.97 Å². The first-order chi connectivity index (χ1) is 6.86. The zero-order valence-corrected chi connectivity index (χ0v) is 7.42. The summed E-state index contributed by atoms with van der Waals surface area (Å²) >= 11 is 0. The van der Waals surface area contributed by atoms with Crippen LogP contribution in [-0.2, 0) is 6.54 Å². The fourth-order valence-corrected chi connectivity index (χ4v) is 1.86. The Morgan fingerprint density at radius 2 is 1.86 bits per heavy atom. The van der Waals surface area contributed by atoms with Crippen molar-refractivity contribution in [2.75, 3.05) is 5.32 Å². The van der Waals surface area contributed by atoms with Crippen LogP contribution in [0.5, 0.6) is 0 Å². The van der Waals surface area contributed by atoms with E-state index in [9.17, 15) is 4.79 Å². The summed E-state index contributed by atoms with van der Waals surface area (Å²) < 4.78 is 0. The van der Waals surface area contributed by atoms with Crippen molar-refractivity contribution in [1.29, 1.82) is 0 Å². The van der Waals surface area contributed by atoms with Crippen LogP contribution in [0, 0.1) is 0 Å². The maximum atomic E-state index is 11.5. The summed E-state index contributed by atoms with van der Waals surface area (Å²) in [5, 5.41) is 3.10. The van der Waals surface area contributed by atoms with E-state index < -0.39 is 0 Å². The first-order valence-electron chi connectivity index (χ1n) is 4.48. The Balaban J connectivity index is 2.37. The molecule has 0 amide bonds. The minimum absolute atomic E-state index is 0.0608. The number of fused-ring (bicyclic) bond motifs is 3. The molecule has 14 heavy (non-hydrogen) atoms. The normalized spacial score (nSPS) is 12.9. The van der Waals surface area contributed by atoms with Gasteiger partial charge in [-0.2, -0.15) is 0 Å². The zero-order chi connectivity index (χ0) is 9.54. The molecule has 2 aromatic heterocycles. The van der Waals surface area contributed by atoms with E-state index in [1.165, 1.54) is 0 Å². The molecule has 0 bridgehead atoms. The molecule has 0 saturated carbocycles. The number of anilines is 1. The number of rotatable bonds is 0. The minimum atomic E-state index is -0.0608. The molecule has 0 atom stereocenters. The fraction of sp³-hybridized carbons (Fsp3) is 0.100. The summed E-state index contributed by atoms with van der Waals surface area (Å²) in [5.41, 5.74) is 3.82. The van der Waals surface area contributed by atoms with Gasteiger partial charge in [0, 0.05) is 29.2 Å². The van der Waals surface area contributed by atoms with Gasteiger partial charge in [0.1, 0.15) is 5.69 Å². The van der Waals surface area contributed by atoms with Gasteiger partial charge in [-0.05, 0) is 12.1 Å². The third kappa shape index (κ3) is 0.849. The highest BCUT2D eigenvalue weighted by molar-refractivity contribution is 5.81. The summed E-state index contributed by atoms with van der Waals surface area (Å²) in [4.78, 5) is 17.3. The van der Waals surface area contributed by atoms with Crippen molar-refractivity contribution in [3.63, 3.8) is 0 Å². The average Bonchev–Trinajstić information content (AvgIpc) is 2.66. The second kappa shape index (κ2) is 2.51. The largest absolute Gasteiger partial charge is 0.374 e. The molecule has 0 radical (unpaired) electrons. The molecule has 0 aliphatic carbocycles. The quantitative estimate of drug-likeness (QED) is 0.582. The molecule has 3 rings (SSSR count). The number of H-pyrrole nitrogens is 2. The lowest BCUT2D eigenvalue weighted by Gasteiger charge is -2.16. The Morgan fingerprint density at radius 1 is 1.07 bits per heavy atom. The number of hydrogen-bond acceptors (Lipinski definition) is 2. The van der Waals surface area contributed by atoms with Gasteiger partial charge in [0.25, 0.3) is 5.56 Å². The van der Waals surface area contributed by atoms with Crippen molar-refractivity contribution in [2.45, 2.75) is 6.54 Å². The molecule has 0 saturated heterocycles. The zero-order valence-electron chi connectivity index (χ0n) is 7.42. The van der Waals surface area contributed by atoms with Crippen LogP contribution in [0.2, 0.25) is 0 Å². The van der Waals surface area contributed by atoms with E-state index in [0.29, 0.717) is 12.2 Å². The Morgan fingerprint density at radius 3 is 2.79 bits per heavy atom. The van der Waals surface area contributed by atoms with Gasteiger partial charge >= 0.3 is 0 Å². The summed E-state index contributed by atoms with van der Waals surface area (Å²) in [6.07, 6.45) is 3.56. The minimum Gasteiger partial charge on any atom is -0.374 e. The molecule has 3 heterocycles. The van der Waals surface area contributed by atoms with Gasteiger partial charge in [-0.3, -0.25) is 4.79 Å². The molecular weight excluding hydrogens is 178 g/mol. The van der Waals surface area contributed by atoms with Crippen molar-refractivity contribution in [2.24, 2.45) is 0 Å². The number of aromatic amines is 2. The Labute approximate surface area is 80.0 Å². The van der Waals surface area contributed by atoms with Crippen molar-refractivity contribution in [3.8, 4) is 11.1 Å². The molecule has 70 valence electrons. The van der Waals surface area contributed by atoms with E-state index in [0.717, 1.165) is 16.8 Å².